The first-order valence-electron chi connectivity index (χ1n) is 11.1. The molecule has 3 aromatic carbocycles. The maximum atomic E-state index is 12.6. The summed E-state index contributed by atoms with van der Waals surface area (Å²) in [6.07, 6.45) is 6.60. The second kappa shape index (κ2) is 9.39. The van der Waals surface area contributed by atoms with Crippen LogP contribution in [-0.2, 0) is 6.42 Å². The molecule has 150 valence electrons. The minimum atomic E-state index is -0.160. The smallest absolute Gasteiger partial charge is 0.0897 e. The molecule has 0 bridgehead atoms. The molecule has 1 aliphatic carbocycles. The quantitative estimate of drug-likeness (QED) is 0.400. The summed E-state index contributed by atoms with van der Waals surface area (Å²) < 4.78 is 12.6. The first kappa shape index (κ1) is 19.9. The van der Waals surface area contributed by atoms with Crippen molar-refractivity contribution in [1.29, 1.82) is 0 Å². The summed E-state index contributed by atoms with van der Waals surface area (Å²) in [7, 11) is 0. The van der Waals surface area contributed by atoms with Crippen LogP contribution >= 0.6 is 0 Å². The van der Waals surface area contributed by atoms with Crippen molar-refractivity contribution in [2.45, 2.75) is 51.4 Å². The molecule has 0 atom stereocenters. The maximum absolute atomic E-state index is 12.6. The van der Waals surface area contributed by atoms with E-state index in [0.29, 0.717) is 11.8 Å². The van der Waals surface area contributed by atoms with Crippen molar-refractivity contribution in [3.8, 4) is 22.3 Å². The topological polar surface area (TPSA) is 0 Å². The third-order valence-electron chi connectivity index (χ3n) is 6.66. The molecule has 0 amide bonds. The van der Waals surface area contributed by atoms with Crippen molar-refractivity contribution in [3.05, 3.63) is 83.9 Å². The zero-order valence-corrected chi connectivity index (χ0v) is 17.4. The van der Waals surface area contributed by atoms with Crippen LogP contribution in [0.4, 0.5) is 4.39 Å². The van der Waals surface area contributed by atoms with Gasteiger partial charge < -0.3 is 0 Å². The van der Waals surface area contributed by atoms with Gasteiger partial charge in [0.2, 0.25) is 0 Å². The van der Waals surface area contributed by atoms with Crippen molar-refractivity contribution in [1.82, 2.24) is 0 Å². The van der Waals surface area contributed by atoms with Gasteiger partial charge in [-0.1, -0.05) is 79.7 Å². The van der Waals surface area contributed by atoms with Crippen LogP contribution in [-0.4, -0.2) is 6.67 Å². The summed E-state index contributed by atoms with van der Waals surface area (Å²) in [6.45, 7) is 2.03. The Bertz CT molecular complexity index is 883. The van der Waals surface area contributed by atoms with Crippen molar-refractivity contribution in [2.24, 2.45) is 5.92 Å². The number of benzene rings is 3. The van der Waals surface area contributed by atoms with Crippen LogP contribution < -0.4 is 0 Å². The second-order valence-electron chi connectivity index (χ2n) is 8.45. The monoisotopic (exact) mass is 386 g/mol. The molecule has 0 radical (unpaired) electrons. The van der Waals surface area contributed by atoms with Crippen molar-refractivity contribution >= 4 is 0 Å². The van der Waals surface area contributed by atoms with Gasteiger partial charge in [0.25, 0.3) is 0 Å². The van der Waals surface area contributed by atoms with Crippen LogP contribution in [0, 0.1) is 5.92 Å². The summed E-state index contributed by atoms with van der Waals surface area (Å²) >= 11 is 0. The van der Waals surface area contributed by atoms with E-state index in [4.69, 9.17) is 0 Å². The van der Waals surface area contributed by atoms with Gasteiger partial charge in [-0.15, -0.1) is 0 Å². The summed E-state index contributed by atoms with van der Waals surface area (Å²) in [4.78, 5) is 0. The van der Waals surface area contributed by atoms with E-state index in [1.165, 1.54) is 59.1 Å². The Labute approximate surface area is 174 Å². The van der Waals surface area contributed by atoms with E-state index in [2.05, 4.69) is 79.7 Å². The van der Waals surface area contributed by atoms with E-state index in [9.17, 15) is 4.39 Å². The highest BCUT2D eigenvalue weighted by atomic mass is 19.1. The fourth-order valence-corrected chi connectivity index (χ4v) is 4.67. The van der Waals surface area contributed by atoms with Crippen molar-refractivity contribution in [2.75, 3.05) is 6.67 Å². The largest absolute Gasteiger partial charge is 0.251 e. The molecule has 4 rings (SSSR count). The molecule has 1 heteroatoms. The normalized spacial score (nSPS) is 19.2. The van der Waals surface area contributed by atoms with E-state index in [0.717, 1.165) is 12.8 Å². The summed E-state index contributed by atoms with van der Waals surface area (Å²) in [5, 5.41) is 0. The van der Waals surface area contributed by atoms with Gasteiger partial charge in [-0.25, -0.2) is 0 Å². The van der Waals surface area contributed by atoms with E-state index in [1.54, 1.807) is 0 Å². The van der Waals surface area contributed by atoms with Crippen molar-refractivity contribution in [3.63, 3.8) is 0 Å². The first-order chi connectivity index (χ1) is 14.3. The Balaban J connectivity index is 1.42. The molecule has 0 spiro atoms. The SMILES string of the molecule is CCc1ccc(-c2ccc(-c3ccc([C@H]4CC[C@H](CCF)CC4)cc3)cc2)cc1. The van der Waals surface area contributed by atoms with Crippen LogP contribution in [0.1, 0.15) is 56.1 Å². The Hall–Kier alpha value is -2.41. The highest BCUT2D eigenvalue weighted by Gasteiger charge is 2.22. The molecule has 0 nitrogen and oxygen atoms in total. The van der Waals surface area contributed by atoms with Crippen LogP contribution in [0.25, 0.3) is 22.3 Å². The summed E-state index contributed by atoms with van der Waals surface area (Å²) in [5.74, 6) is 1.25. The Morgan fingerprint density at radius 3 is 1.55 bits per heavy atom. The number of hydrogen-bond acceptors (Lipinski definition) is 0. The van der Waals surface area contributed by atoms with Crippen LogP contribution in [0.5, 0.6) is 0 Å². The highest BCUT2D eigenvalue weighted by Crippen LogP contribution is 2.37. The fraction of sp³-hybridized carbons (Fsp3) is 0.357. The standard InChI is InChI=1S/C28H31F/c1-2-21-3-7-23(8-4-21)25-11-15-27(16-12-25)28-17-13-26(14-18-28)24-9-5-22(6-10-24)19-20-29/h3-4,7-8,11-18,22,24H,2,5-6,9-10,19-20H2,1H3/t22-,24-. The lowest BCUT2D eigenvalue weighted by Crippen LogP contribution is -2.13. The molecule has 0 aromatic heterocycles. The van der Waals surface area contributed by atoms with Gasteiger partial charge in [0.15, 0.2) is 0 Å². The van der Waals surface area contributed by atoms with E-state index >= 15 is 0 Å². The van der Waals surface area contributed by atoms with Gasteiger partial charge in [-0.2, -0.15) is 0 Å². The molecule has 1 aliphatic rings. The molecule has 3 aromatic rings. The number of aryl methyl sites for hydroxylation is 1. The van der Waals surface area contributed by atoms with E-state index in [-0.39, 0.29) is 6.67 Å². The predicted octanol–water partition coefficient (Wildman–Crippen LogP) is 8.22. The third kappa shape index (κ3) is 4.78. The zero-order chi connectivity index (χ0) is 20.1. The maximum Gasteiger partial charge on any atom is 0.0897 e. The molecule has 29 heavy (non-hydrogen) atoms. The summed E-state index contributed by atoms with van der Waals surface area (Å²) in [6, 6.07) is 26.9. The molecule has 0 aliphatic heterocycles. The van der Waals surface area contributed by atoms with E-state index < -0.39 is 0 Å². The van der Waals surface area contributed by atoms with Gasteiger partial charge in [0.1, 0.15) is 0 Å². The molecular formula is C28H31F. The van der Waals surface area contributed by atoms with Crippen LogP contribution in [0.2, 0.25) is 0 Å². The molecular weight excluding hydrogens is 355 g/mol. The lowest BCUT2D eigenvalue weighted by atomic mass is 9.77. The minimum absolute atomic E-state index is 0.160. The van der Waals surface area contributed by atoms with Gasteiger partial charge in [-0.3, -0.25) is 4.39 Å². The van der Waals surface area contributed by atoms with Crippen LogP contribution in [0.3, 0.4) is 0 Å². The molecule has 0 heterocycles. The van der Waals surface area contributed by atoms with Gasteiger partial charge in [0, 0.05) is 0 Å². The molecule has 1 fully saturated rings. The third-order valence-corrected chi connectivity index (χ3v) is 6.66. The average molecular weight is 387 g/mol. The molecule has 1 saturated carbocycles. The van der Waals surface area contributed by atoms with Gasteiger partial charge >= 0.3 is 0 Å². The number of halogens is 1. The number of hydrogen-bond donors (Lipinski definition) is 0. The minimum Gasteiger partial charge on any atom is -0.251 e. The zero-order valence-electron chi connectivity index (χ0n) is 17.4. The van der Waals surface area contributed by atoms with Crippen molar-refractivity contribution < 1.29 is 4.39 Å². The first-order valence-corrected chi connectivity index (χ1v) is 11.1. The average Bonchev–Trinajstić information content (AvgIpc) is 2.80. The van der Waals surface area contributed by atoms with Gasteiger partial charge in [0.05, 0.1) is 6.67 Å². The molecule has 0 N–H and O–H groups in total. The molecule has 0 unspecified atom stereocenters. The predicted molar refractivity (Wildman–Crippen MR) is 122 cm³/mol. The lowest BCUT2D eigenvalue weighted by Gasteiger charge is -2.28. The Morgan fingerprint density at radius 1 is 0.655 bits per heavy atom. The Morgan fingerprint density at radius 2 is 1.10 bits per heavy atom. The molecule has 0 saturated heterocycles. The van der Waals surface area contributed by atoms with Gasteiger partial charge in [-0.05, 0) is 83.7 Å². The number of alkyl halides is 1. The summed E-state index contributed by atoms with van der Waals surface area (Å²) in [5.41, 5.74) is 7.89. The fourth-order valence-electron chi connectivity index (χ4n) is 4.67. The number of rotatable bonds is 6. The second-order valence-corrected chi connectivity index (χ2v) is 8.45. The van der Waals surface area contributed by atoms with Crippen LogP contribution in [0.15, 0.2) is 72.8 Å². The van der Waals surface area contributed by atoms with E-state index in [1.807, 2.05) is 0 Å². The highest BCUT2D eigenvalue weighted by molar-refractivity contribution is 5.70. The lowest BCUT2D eigenvalue weighted by molar-refractivity contribution is 0.283. The Kier molecular flexibility index (Phi) is 6.44.